The number of aliphatic hydroxyl groups is 3. The summed E-state index contributed by atoms with van der Waals surface area (Å²) in [6.45, 7) is 0.840. The number of hydrogen-bond donors (Lipinski definition) is 4. The highest BCUT2D eigenvalue weighted by Crippen LogP contribution is 2.19. The van der Waals surface area contributed by atoms with E-state index >= 15 is 0 Å². The first-order chi connectivity index (χ1) is 11.2. The molecule has 1 heterocycles. The van der Waals surface area contributed by atoms with E-state index in [4.69, 9.17) is 14.9 Å². The highest BCUT2D eigenvalue weighted by atomic mass is 16.5. The predicted molar refractivity (Wildman–Crippen MR) is 84.5 cm³/mol. The van der Waals surface area contributed by atoms with E-state index in [9.17, 15) is 9.90 Å². The molecule has 4 N–H and O–H groups in total. The van der Waals surface area contributed by atoms with Gasteiger partial charge < -0.3 is 20.1 Å². The standard InChI is InChI=1S/C15H21N3O5/c19-7-5-18(6-8-20)9-11(21)10-23-15-13-4-2-1-3-12(13)14(22)16-17-15/h1-4,11,19-21H,5-10H2,(H,16,22). The highest BCUT2D eigenvalue weighted by molar-refractivity contribution is 5.85. The molecule has 2 rings (SSSR count). The molecule has 1 aromatic heterocycles. The van der Waals surface area contributed by atoms with Crippen LogP contribution < -0.4 is 10.3 Å². The number of aromatic nitrogens is 2. The zero-order valence-electron chi connectivity index (χ0n) is 12.7. The average Bonchev–Trinajstić information content (AvgIpc) is 2.55. The second-order valence-electron chi connectivity index (χ2n) is 5.12. The molecule has 2 aromatic rings. The number of nitrogens with one attached hydrogen (secondary N) is 1. The molecule has 0 amide bonds. The Morgan fingerprint density at radius 1 is 1.17 bits per heavy atom. The van der Waals surface area contributed by atoms with Crippen molar-refractivity contribution in [2.45, 2.75) is 6.10 Å². The van der Waals surface area contributed by atoms with Crippen molar-refractivity contribution in [3.05, 3.63) is 34.6 Å². The van der Waals surface area contributed by atoms with Gasteiger partial charge in [0.2, 0.25) is 5.88 Å². The van der Waals surface area contributed by atoms with Crippen LogP contribution in [0, 0.1) is 0 Å². The molecule has 0 aliphatic heterocycles. The second kappa shape index (κ2) is 8.59. The first-order valence-corrected chi connectivity index (χ1v) is 7.38. The molecule has 0 bridgehead atoms. The van der Waals surface area contributed by atoms with Crippen LogP contribution in [0.3, 0.4) is 0 Å². The maximum Gasteiger partial charge on any atom is 0.272 e. The van der Waals surface area contributed by atoms with Gasteiger partial charge in [0.15, 0.2) is 0 Å². The number of H-pyrrole nitrogens is 1. The molecule has 0 radical (unpaired) electrons. The SMILES string of the molecule is O=c1[nH]nc(OCC(O)CN(CCO)CCO)c2ccccc12. The summed E-state index contributed by atoms with van der Waals surface area (Å²) in [6.07, 6.45) is -0.819. The van der Waals surface area contributed by atoms with Crippen LogP contribution in [0.4, 0.5) is 0 Å². The van der Waals surface area contributed by atoms with Gasteiger partial charge in [-0.2, -0.15) is 0 Å². The molecule has 23 heavy (non-hydrogen) atoms. The normalized spacial score (nSPS) is 12.7. The van der Waals surface area contributed by atoms with Crippen molar-refractivity contribution < 1.29 is 20.1 Å². The van der Waals surface area contributed by atoms with E-state index in [0.29, 0.717) is 23.9 Å². The maximum absolute atomic E-state index is 11.7. The van der Waals surface area contributed by atoms with Crippen LogP contribution >= 0.6 is 0 Å². The Morgan fingerprint density at radius 3 is 2.48 bits per heavy atom. The number of nitrogens with zero attached hydrogens (tertiary/aromatic N) is 2. The lowest BCUT2D eigenvalue weighted by molar-refractivity contribution is 0.0541. The van der Waals surface area contributed by atoms with Crippen LogP contribution in [-0.2, 0) is 0 Å². The van der Waals surface area contributed by atoms with Gasteiger partial charge in [-0.1, -0.05) is 12.1 Å². The Labute approximate surface area is 132 Å². The van der Waals surface area contributed by atoms with Gasteiger partial charge in [-0.25, -0.2) is 5.10 Å². The van der Waals surface area contributed by atoms with Crippen LogP contribution in [0.1, 0.15) is 0 Å². The minimum atomic E-state index is -0.819. The maximum atomic E-state index is 11.7. The fourth-order valence-electron chi connectivity index (χ4n) is 2.30. The van der Waals surface area contributed by atoms with Gasteiger partial charge in [0.05, 0.1) is 24.0 Å². The van der Waals surface area contributed by atoms with E-state index in [2.05, 4.69) is 10.2 Å². The van der Waals surface area contributed by atoms with Gasteiger partial charge in [-0.3, -0.25) is 9.69 Å². The summed E-state index contributed by atoms with van der Waals surface area (Å²) in [5.41, 5.74) is -0.300. The molecule has 0 fully saturated rings. The Balaban J connectivity index is 2.00. The quantitative estimate of drug-likeness (QED) is 0.465. The molecule has 8 heteroatoms. The van der Waals surface area contributed by atoms with Crippen LogP contribution in [0.5, 0.6) is 5.88 Å². The predicted octanol–water partition coefficient (Wildman–Crippen LogP) is -1.05. The molecule has 1 unspecified atom stereocenters. The second-order valence-corrected chi connectivity index (χ2v) is 5.12. The monoisotopic (exact) mass is 323 g/mol. The van der Waals surface area contributed by atoms with Gasteiger partial charge in [-0.15, -0.1) is 5.10 Å². The minimum Gasteiger partial charge on any atom is -0.473 e. The van der Waals surface area contributed by atoms with Crippen molar-refractivity contribution in [3.8, 4) is 5.88 Å². The summed E-state index contributed by atoms with van der Waals surface area (Å²) < 4.78 is 5.51. The molecule has 8 nitrogen and oxygen atoms in total. The lowest BCUT2D eigenvalue weighted by atomic mass is 10.2. The Morgan fingerprint density at radius 2 is 1.83 bits per heavy atom. The molecule has 126 valence electrons. The minimum absolute atomic E-state index is 0.0175. The smallest absolute Gasteiger partial charge is 0.272 e. The van der Waals surface area contributed by atoms with E-state index in [1.807, 2.05) is 0 Å². The molecular formula is C15H21N3O5. The summed E-state index contributed by atoms with van der Waals surface area (Å²) in [4.78, 5) is 13.4. The molecule has 0 saturated carbocycles. The average molecular weight is 323 g/mol. The van der Waals surface area contributed by atoms with E-state index in [0.717, 1.165) is 0 Å². The first kappa shape index (κ1) is 17.4. The fraction of sp³-hybridized carbons (Fsp3) is 0.467. The summed E-state index contributed by atoms with van der Waals surface area (Å²) in [5.74, 6) is 0.245. The van der Waals surface area contributed by atoms with Crippen LogP contribution in [0.25, 0.3) is 10.8 Å². The summed E-state index contributed by atoms with van der Waals surface area (Å²) >= 11 is 0. The molecule has 1 atom stereocenters. The zero-order chi connectivity index (χ0) is 16.7. The van der Waals surface area contributed by atoms with Gasteiger partial charge in [-0.05, 0) is 12.1 Å². The van der Waals surface area contributed by atoms with Crippen molar-refractivity contribution in [1.29, 1.82) is 0 Å². The first-order valence-electron chi connectivity index (χ1n) is 7.38. The third-order valence-electron chi connectivity index (χ3n) is 3.37. The van der Waals surface area contributed by atoms with E-state index in [1.165, 1.54) is 0 Å². The van der Waals surface area contributed by atoms with Crippen LogP contribution in [-0.4, -0.2) is 76.0 Å². The van der Waals surface area contributed by atoms with E-state index in [1.54, 1.807) is 29.2 Å². The number of aliphatic hydroxyl groups excluding tert-OH is 3. The van der Waals surface area contributed by atoms with E-state index < -0.39 is 6.10 Å². The summed E-state index contributed by atoms with van der Waals surface area (Å²) in [6, 6.07) is 6.92. The van der Waals surface area contributed by atoms with Crippen molar-refractivity contribution in [1.82, 2.24) is 15.1 Å². The number of benzene rings is 1. The van der Waals surface area contributed by atoms with Gasteiger partial charge in [0.1, 0.15) is 12.7 Å². The van der Waals surface area contributed by atoms with Crippen molar-refractivity contribution in [3.63, 3.8) is 0 Å². The Kier molecular flexibility index (Phi) is 6.48. The largest absolute Gasteiger partial charge is 0.473 e. The van der Waals surface area contributed by atoms with Crippen molar-refractivity contribution >= 4 is 10.8 Å². The lowest BCUT2D eigenvalue weighted by Crippen LogP contribution is -2.39. The molecular weight excluding hydrogens is 302 g/mol. The van der Waals surface area contributed by atoms with Crippen LogP contribution in [0.2, 0.25) is 0 Å². The highest BCUT2D eigenvalue weighted by Gasteiger charge is 2.14. The topological polar surface area (TPSA) is 119 Å². The number of hydrogen-bond acceptors (Lipinski definition) is 7. The third-order valence-corrected chi connectivity index (χ3v) is 3.37. The van der Waals surface area contributed by atoms with Crippen molar-refractivity contribution in [2.75, 3.05) is 39.5 Å². The number of ether oxygens (including phenoxy) is 1. The lowest BCUT2D eigenvalue weighted by Gasteiger charge is -2.23. The van der Waals surface area contributed by atoms with Gasteiger partial charge in [0, 0.05) is 19.6 Å². The van der Waals surface area contributed by atoms with Crippen molar-refractivity contribution in [2.24, 2.45) is 0 Å². The molecule has 1 aromatic carbocycles. The van der Waals surface area contributed by atoms with Gasteiger partial charge >= 0.3 is 0 Å². The fourth-order valence-corrected chi connectivity index (χ4v) is 2.30. The molecule has 0 aliphatic carbocycles. The molecule has 0 aliphatic rings. The van der Waals surface area contributed by atoms with Gasteiger partial charge in [0.25, 0.3) is 5.56 Å². The number of aromatic amines is 1. The third kappa shape index (κ3) is 4.73. The van der Waals surface area contributed by atoms with E-state index in [-0.39, 0.29) is 37.8 Å². The molecule has 0 saturated heterocycles. The Hall–Kier alpha value is -2.00. The number of fused-ring (bicyclic) bond motifs is 1. The van der Waals surface area contributed by atoms with Crippen LogP contribution in [0.15, 0.2) is 29.1 Å². The zero-order valence-corrected chi connectivity index (χ0v) is 12.7. The summed E-state index contributed by atoms with van der Waals surface area (Å²) in [5, 5.41) is 35.2. The summed E-state index contributed by atoms with van der Waals surface area (Å²) in [7, 11) is 0. The molecule has 0 spiro atoms. The number of rotatable bonds is 9. The Bertz CT molecular complexity index is 669.